The van der Waals surface area contributed by atoms with Gasteiger partial charge in [0.15, 0.2) is 0 Å². The second-order valence-electron chi connectivity index (χ2n) is 3.12. The zero-order valence-electron chi connectivity index (χ0n) is 8.03. The SMILES string of the molecule is Cc1cc(Cl)ccc1[C@H](N)CCO.Cl. The van der Waals surface area contributed by atoms with E-state index in [0.29, 0.717) is 6.42 Å². The van der Waals surface area contributed by atoms with Crippen LogP contribution in [0, 0.1) is 6.92 Å². The molecule has 0 aliphatic carbocycles. The van der Waals surface area contributed by atoms with Gasteiger partial charge < -0.3 is 10.8 Å². The maximum absolute atomic E-state index is 8.74. The lowest BCUT2D eigenvalue weighted by molar-refractivity contribution is 0.276. The Morgan fingerprint density at radius 2 is 2.14 bits per heavy atom. The highest BCUT2D eigenvalue weighted by Crippen LogP contribution is 2.21. The Kier molecular flexibility index (Phi) is 6.12. The van der Waals surface area contributed by atoms with Crippen molar-refractivity contribution in [2.24, 2.45) is 5.73 Å². The van der Waals surface area contributed by atoms with Gasteiger partial charge in [0.1, 0.15) is 0 Å². The van der Waals surface area contributed by atoms with E-state index in [1.165, 1.54) is 0 Å². The topological polar surface area (TPSA) is 46.2 Å². The molecule has 0 unspecified atom stereocenters. The molecule has 80 valence electrons. The van der Waals surface area contributed by atoms with E-state index < -0.39 is 0 Å². The van der Waals surface area contributed by atoms with Crippen molar-refractivity contribution in [2.75, 3.05) is 6.61 Å². The summed E-state index contributed by atoms with van der Waals surface area (Å²) in [6, 6.07) is 5.52. The minimum absolute atomic E-state index is 0. The molecule has 0 radical (unpaired) electrons. The van der Waals surface area contributed by atoms with Gasteiger partial charge in [-0.3, -0.25) is 0 Å². The van der Waals surface area contributed by atoms with E-state index >= 15 is 0 Å². The average Bonchev–Trinajstić information content (AvgIpc) is 2.04. The molecule has 0 saturated heterocycles. The molecule has 0 bridgehead atoms. The van der Waals surface area contributed by atoms with E-state index in [-0.39, 0.29) is 25.1 Å². The molecular weight excluding hydrogens is 221 g/mol. The largest absolute Gasteiger partial charge is 0.396 e. The summed E-state index contributed by atoms with van der Waals surface area (Å²) in [7, 11) is 0. The Hall–Kier alpha value is -0.280. The fourth-order valence-electron chi connectivity index (χ4n) is 1.35. The van der Waals surface area contributed by atoms with Gasteiger partial charge in [0.2, 0.25) is 0 Å². The maximum Gasteiger partial charge on any atom is 0.0449 e. The van der Waals surface area contributed by atoms with Crippen molar-refractivity contribution in [3.8, 4) is 0 Å². The zero-order valence-corrected chi connectivity index (χ0v) is 9.61. The predicted octanol–water partition coefficient (Wildman–Crippen LogP) is 2.45. The Balaban J connectivity index is 0.00000169. The molecule has 3 N–H and O–H groups in total. The third kappa shape index (κ3) is 3.46. The van der Waals surface area contributed by atoms with Gasteiger partial charge in [-0.15, -0.1) is 12.4 Å². The van der Waals surface area contributed by atoms with Crippen molar-refractivity contribution < 1.29 is 5.11 Å². The van der Waals surface area contributed by atoms with Crippen molar-refractivity contribution in [3.63, 3.8) is 0 Å². The van der Waals surface area contributed by atoms with Crippen molar-refractivity contribution in [3.05, 3.63) is 34.3 Å². The number of nitrogens with two attached hydrogens (primary N) is 1. The lowest BCUT2D eigenvalue weighted by Crippen LogP contribution is -2.13. The molecule has 0 aliphatic heterocycles. The fraction of sp³-hybridized carbons (Fsp3) is 0.400. The van der Waals surface area contributed by atoms with Crippen LogP contribution in [0.2, 0.25) is 5.02 Å². The standard InChI is InChI=1S/C10H14ClNO.ClH/c1-7-6-8(11)2-3-9(7)10(12)4-5-13;/h2-3,6,10,13H,4-5,12H2,1H3;1H/t10-;/m1./s1. The molecule has 14 heavy (non-hydrogen) atoms. The molecule has 0 saturated carbocycles. The molecule has 4 heteroatoms. The maximum atomic E-state index is 8.74. The van der Waals surface area contributed by atoms with Gasteiger partial charge in [-0.25, -0.2) is 0 Å². The molecule has 1 atom stereocenters. The van der Waals surface area contributed by atoms with E-state index in [1.807, 2.05) is 25.1 Å². The van der Waals surface area contributed by atoms with E-state index in [1.54, 1.807) is 0 Å². The zero-order chi connectivity index (χ0) is 9.84. The molecule has 0 fully saturated rings. The van der Waals surface area contributed by atoms with Crippen LogP contribution in [-0.4, -0.2) is 11.7 Å². The summed E-state index contributed by atoms with van der Waals surface area (Å²) in [5.41, 5.74) is 7.98. The van der Waals surface area contributed by atoms with Gasteiger partial charge in [0.25, 0.3) is 0 Å². The van der Waals surface area contributed by atoms with E-state index in [0.717, 1.165) is 16.1 Å². The predicted molar refractivity (Wildman–Crippen MR) is 62.1 cm³/mol. The summed E-state index contributed by atoms with van der Waals surface area (Å²) in [5.74, 6) is 0. The third-order valence-corrected chi connectivity index (χ3v) is 2.31. The van der Waals surface area contributed by atoms with Crippen LogP contribution < -0.4 is 5.73 Å². The first kappa shape index (κ1) is 13.7. The molecular formula is C10H15Cl2NO. The number of hydrogen-bond acceptors (Lipinski definition) is 2. The minimum Gasteiger partial charge on any atom is -0.396 e. The van der Waals surface area contributed by atoms with Crippen molar-refractivity contribution in [1.82, 2.24) is 0 Å². The van der Waals surface area contributed by atoms with E-state index in [9.17, 15) is 0 Å². The summed E-state index contributed by atoms with van der Waals surface area (Å²) in [6.45, 7) is 2.09. The number of halogens is 2. The van der Waals surface area contributed by atoms with Crippen LogP contribution in [0.4, 0.5) is 0 Å². The average molecular weight is 236 g/mol. The summed E-state index contributed by atoms with van der Waals surface area (Å²) >= 11 is 5.81. The molecule has 0 aliphatic rings. The highest BCUT2D eigenvalue weighted by Gasteiger charge is 2.07. The van der Waals surface area contributed by atoms with Gasteiger partial charge in [-0.2, -0.15) is 0 Å². The Morgan fingerprint density at radius 3 is 2.64 bits per heavy atom. The number of aliphatic hydroxyl groups excluding tert-OH is 1. The molecule has 0 aromatic heterocycles. The van der Waals surface area contributed by atoms with Crippen LogP contribution in [0.3, 0.4) is 0 Å². The Labute approximate surface area is 95.5 Å². The fourth-order valence-corrected chi connectivity index (χ4v) is 1.58. The van der Waals surface area contributed by atoms with Gasteiger partial charge in [0.05, 0.1) is 0 Å². The van der Waals surface area contributed by atoms with Crippen molar-refractivity contribution >= 4 is 24.0 Å². The molecule has 1 aromatic rings. The van der Waals surface area contributed by atoms with Crippen molar-refractivity contribution in [2.45, 2.75) is 19.4 Å². The first-order chi connectivity index (χ1) is 6.15. The first-order valence-electron chi connectivity index (χ1n) is 4.27. The summed E-state index contributed by atoms with van der Waals surface area (Å²) in [4.78, 5) is 0. The molecule has 0 amide bonds. The van der Waals surface area contributed by atoms with Crippen LogP contribution in [0.25, 0.3) is 0 Å². The summed E-state index contributed by atoms with van der Waals surface area (Å²) in [6.07, 6.45) is 0.586. The van der Waals surface area contributed by atoms with E-state index in [2.05, 4.69) is 0 Å². The van der Waals surface area contributed by atoms with Crippen LogP contribution in [-0.2, 0) is 0 Å². The minimum atomic E-state index is -0.0951. The lowest BCUT2D eigenvalue weighted by Gasteiger charge is -2.13. The number of hydrogen-bond donors (Lipinski definition) is 2. The number of aryl methyl sites for hydroxylation is 1. The number of benzene rings is 1. The monoisotopic (exact) mass is 235 g/mol. The van der Waals surface area contributed by atoms with E-state index in [4.69, 9.17) is 22.4 Å². The Morgan fingerprint density at radius 1 is 1.50 bits per heavy atom. The van der Waals surface area contributed by atoms with Gasteiger partial charge in [-0.05, 0) is 36.6 Å². The quantitative estimate of drug-likeness (QED) is 0.846. The second kappa shape index (κ2) is 6.25. The highest BCUT2D eigenvalue weighted by molar-refractivity contribution is 6.30. The molecule has 1 rings (SSSR count). The number of aliphatic hydroxyl groups is 1. The number of rotatable bonds is 3. The van der Waals surface area contributed by atoms with Gasteiger partial charge in [-0.1, -0.05) is 17.7 Å². The summed E-state index contributed by atoms with van der Waals surface area (Å²) in [5, 5.41) is 9.46. The first-order valence-corrected chi connectivity index (χ1v) is 4.65. The smallest absolute Gasteiger partial charge is 0.0449 e. The molecule has 0 spiro atoms. The summed E-state index contributed by atoms with van der Waals surface area (Å²) < 4.78 is 0. The second-order valence-corrected chi connectivity index (χ2v) is 3.56. The van der Waals surface area contributed by atoms with Gasteiger partial charge >= 0.3 is 0 Å². The molecule has 0 heterocycles. The van der Waals surface area contributed by atoms with Crippen LogP contribution in [0.1, 0.15) is 23.6 Å². The Bertz CT molecular complexity index is 291. The van der Waals surface area contributed by atoms with Crippen LogP contribution in [0.15, 0.2) is 18.2 Å². The molecule has 1 aromatic carbocycles. The van der Waals surface area contributed by atoms with Crippen LogP contribution >= 0.6 is 24.0 Å². The van der Waals surface area contributed by atoms with Crippen LogP contribution in [0.5, 0.6) is 0 Å². The molecule has 2 nitrogen and oxygen atoms in total. The lowest BCUT2D eigenvalue weighted by atomic mass is 10.00. The van der Waals surface area contributed by atoms with Crippen molar-refractivity contribution in [1.29, 1.82) is 0 Å². The normalized spacial score (nSPS) is 12.0. The highest BCUT2D eigenvalue weighted by atomic mass is 35.5. The van der Waals surface area contributed by atoms with Gasteiger partial charge in [0, 0.05) is 17.7 Å². The third-order valence-electron chi connectivity index (χ3n) is 2.07.